The Kier molecular flexibility index (Phi) is 9.67. The smallest absolute Gasteiger partial charge is 0.409 e. The zero-order chi connectivity index (χ0) is 20.6. The SMILES string of the molecule is CCOC(=O)N1CCC(NC(N)=NCCCC(=O)N2CCc3ccccc32)CC1.I. The number of piperidine rings is 1. The van der Waals surface area contributed by atoms with Gasteiger partial charge in [-0.3, -0.25) is 9.79 Å². The highest BCUT2D eigenvalue weighted by atomic mass is 127. The van der Waals surface area contributed by atoms with Gasteiger partial charge in [0.25, 0.3) is 0 Å². The van der Waals surface area contributed by atoms with Crippen molar-refractivity contribution < 1.29 is 14.3 Å². The number of amides is 2. The molecule has 0 aliphatic carbocycles. The molecule has 0 spiro atoms. The number of nitrogens with zero attached hydrogens (tertiary/aromatic N) is 3. The number of guanidine groups is 1. The normalized spacial score (nSPS) is 16.6. The average Bonchev–Trinajstić information content (AvgIpc) is 3.16. The molecule has 0 bridgehead atoms. The third-order valence-electron chi connectivity index (χ3n) is 5.39. The molecule has 0 atom stereocenters. The second kappa shape index (κ2) is 12.0. The average molecular weight is 529 g/mol. The van der Waals surface area contributed by atoms with Gasteiger partial charge >= 0.3 is 6.09 Å². The molecule has 1 fully saturated rings. The third kappa shape index (κ3) is 6.48. The molecule has 2 heterocycles. The van der Waals surface area contributed by atoms with Crippen molar-refractivity contribution in [2.75, 3.05) is 37.7 Å². The van der Waals surface area contributed by atoms with Crippen LogP contribution in [-0.4, -0.2) is 61.7 Å². The molecule has 9 heteroatoms. The number of para-hydroxylation sites is 1. The number of likely N-dealkylation sites (tertiary alicyclic amines) is 1. The molecular weight excluding hydrogens is 497 g/mol. The monoisotopic (exact) mass is 529 g/mol. The zero-order valence-corrected chi connectivity index (χ0v) is 19.8. The second-order valence-electron chi connectivity index (χ2n) is 7.40. The maximum absolute atomic E-state index is 12.5. The van der Waals surface area contributed by atoms with E-state index in [1.807, 2.05) is 23.1 Å². The molecule has 0 unspecified atom stereocenters. The predicted octanol–water partition coefficient (Wildman–Crippen LogP) is 2.50. The van der Waals surface area contributed by atoms with E-state index in [9.17, 15) is 9.59 Å². The second-order valence-corrected chi connectivity index (χ2v) is 7.40. The van der Waals surface area contributed by atoms with Gasteiger partial charge in [0, 0.05) is 44.3 Å². The van der Waals surface area contributed by atoms with Gasteiger partial charge in [-0.15, -0.1) is 24.0 Å². The Labute approximate surface area is 195 Å². The highest BCUT2D eigenvalue weighted by Gasteiger charge is 2.24. The van der Waals surface area contributed by atoms with Gasteiger partial charge < -0.3 is 25.6 Å². The van der Waals surface area contributed by atoms with Crippen molar-refractivity contribution >= 4 is 47.6 Å². The van der Waals surface area contributed by atoms with Crippen LogP contribution in [0.4, 0.5) is 10.5 Å². The molecule has 1 aromatic rings. The molecule has 0 saturated carbocycles. The van der Waals surface area contributed by atoms with E-state index in [1.165, 1.54) is 5.56 Å². The Bertz CT molecular complexity index is 750. The van der Waals surface area contributed by atoms with Crippen LogP contribution >= 0.6 is 24.0 Å². The van der Waals surface area contributed by atoms with Gasteiger partial charge in [0.15, 0.2) is 5.96 Å². The molecule has 1 saturated heterocycles. The van der Waals surface area contributed by atoms with Crippen LogP contribution in [-0.2, 0) is 16.0 Å². The first kappa shape index (κ1) is 24.2. The number of hydrogen-bond acceptors (Lipinski definition) is 4. The highest BCUT2D eigenvalue weighted by Crippen LogP contribution is 2.28. The van der Waals surface area contributed by atoms with E-state index in [1.54, 1.807) is 11.8 Å². The number of nitrogens with one attached hydrogen (secondary N) is 1. The summed E-state index contributed by atoms with van der Waals surface area (Å²) < 4.78 is 5.03. The lowest BCUT2D eigenvalue weighted by molar-refractivity contribution is -0.118. The molecule has 30 heavy (non-hydrogen) atoms. The molecule has 0 aromatic heterocycles. The molecule has 3 rings (SSSR count). The molecule has 2 amide bonds. The van der Waals surface area contributed by atoms with Crippen molar-refractivity contribution in [1.82, 2.24) is 10.2 Å². The summed E-state index contributed by atoms with van der Waals surface area (Å²) in [5.41, 5.74) is 8.26. The molecule has 1 aromatic carbocycles. The summed E-state index contributed by atoms with van der Waals surface area (Å²) >= 11 is 0. The summed E-state index contributed by atoms with van der Waals surface area (Å²) in [6.07, 6.45) is 3.41. The Morgan fingerprint density at radius 2 is 1.97 bits per heavy atom. The number of carbonyl (C=O) groups excluding carboxylic acids is 2. The fraction of sp³-hybridized carbons (Fsp3) is 0.571. The molecule has 2 aliphatic rings. The lowest BCUT2D eigenvalue weighted by atomic mass is 10.1. The first-order valence-corrected chi connectivity index (χ1v) is 10.4. The van der Waals surface area contributed by atoms with Crippen LogP contribution in [0.15, 0.2) is 29.3 Å². The molecule has 2 aliphatic heterocycles. The quantitative estimate of drug-likeness (QED) is 0.255. The van der Waals surface area contributed by atoms with Gasteiger partial charge in [0.05, 0.1) is 6.61 Å². The Hall–Kier alpha value is -2.04. The van der Waals surface area contributed by atoms with Crippen LogP contribution < -0.4 is 16.0 Å². The van der Waals surface area contributed by atoms with Crippen LogP contribution in [0.2, 0.25) is 0 Å². The minimum Gasteiger partial charge on any atom is -0.450 e. The van der Waals surface area contributed by atoms with E-state index in [0.29, 0.717) is 45.0 Å². The van der Waals surface area contributed by atoms with E-state index in [-0.39, 0.29) is 42.0 Å². The van der Waals surface area contributed by atoms with Gasteiger partial charge in [-0.1, -0.05) is 18.2 Å². The number of nitrogens with two attached hydrogens (primary N) is 1. The van der Waals surface area contributed by atoms with Crippen molar-refractivity contribution in [2.24, 2.45) is 10.7 Å². The summed E-state index contributed by atoms with van der Waals surface area (Å²) in [5, 5.41) is 3.22. The van der Waals surface area contributed by atoms with Gasteiger partial charge in [-0.05, 0) is 44.2 Å². The van der Waals surface area contributed by atoms with Crippen molar-refractivity contribution in [2.45, 2.75) is 45.1 Å². The number of halogens is 1. The lowest BCUT2D eigenvalue weighted by Crippen LogP contribution is -2.48. The van der Waals surface area contributed by atoms with Crippen molar-refractivity contribution in [3.05, 3.63) is 29.8 Å². The van der Waals surface area contributed by atoms with Crippen LogP contribution in [0.25, 0.3) is 0 Å². The molecule has 3 N–H and O–H groups in total. The van der Waals surface area contributed by atoms with Crippen molar-refractivity contribution in [1.29, 1.82) is 0 Å². The fourth-order valence-electron chi connectivity index (χ4n) is 3.84. The molecular formula is C21H32IN5O3. The Morgan fingerprint density at radius 1 is 1.23 bits per heavy atom. The maximum atomic E-state index is 12.5. The number of anilines is 1. The number of fused-ring (bicyclic) bond motifs is 1. The van der Waals surface area contributed by atoms with E-state index in [4.69, 9.17) is 10.5 Å². The highest BCUT2D eigenvalue weighted by molar-refractivity contribution is 14.0. The van der Waals surface area contributed by atoms with E-state index in [2.05, 4.69) is 16.4 Å². The Morgan fingerprint density at radius 3 is 2.70 bits per heavy atom. The summed E-state index contributed by atoms with van der Waals surface area (Å²) in [6, 6.07) is 8.27. The first-order valence-electron chi connectivity index (χ1n) is 10.4. The molecule has 0 radical (unpaired) electrons. The van der Waals surface area contributed by atoms with Crippen LogP contribution in [0, 0.1) is 0 Å². The number of aliphatic imine (C=N–C) groups is 1. The summed E-state index contributed by atoms with van der Waals surface area (Å²) in [4.78, 5) is 32.2. The van der Waals surface area contributed by atoms with E-state index < -0.39 is 0 Å². The Balaban J connectivity index is 0.00000320. The van der Waals surface area contributed by atoms with Crippen LogP contribution in [0.5, 0.6) is 0 Å². The topological polar surface area (TPSA) is 100 Å². The van der Waals surface area contributed by atoms with E-state index in [0.717, 1.165) is 31.5 Å². The van der Waals surface area contributed by atoms with Crippen LogP contribution in [0.3, 0.4) is 0 Å². The summed E-state index contributed by atoms with van der Waals surface area (Å²) in [7, 11) is 0. The number of rotatable bonds is 6. The number of benzene rings is 1. The largest absolute Gasteiger partial charge is 0.450 e. The maximum Gasteiger partial charge on any atom is 0.409 e. The standard InChI is InChI=1S/C21H31N5O3.HI/c1-2-29-21(28)25-13-10-17(11-14-25)24-20(22)23-12-5-8-19(27)26-15-9-16-6-3-4-7-18(16)26;/h3-4,6-7,17H,2,5,8-15H2,1H3,(H3,22,23,24);1H. The number of ether oxygens (including phenoxy) is 1. The zero-order valence-electron chi connectivity index (χ0n) is 17.5. The van der Waals surface area contributed by atoms with Crippen molar-refractivity contribution in [3.8, 4) is 0 Å². The first-order chi connectivity index (χ1) is 14.1. The number of carbonyl (C=O) groups is 2. The lowest BCUT2D eigenvalue weighted by Gasteiger charge is -2.31. The third-order valence-corrected chi connectivity index (χ3v) is 5.39. The van der Waals surface area contributed by atoms with Crippen molar-refractivity contribution in [3.63, 3.8) is 0 Å². The van der Waals surface area contributed by atoms with Gasteiger partial charge in [0.2, 0.25) is 5.91 Å². The minimum absolute atomic E-state index is 0. The molecule has 8 nitrogen and oxygen atoms in total. The van der Waals surface area contributed by atoms with Gasteiger partial charge in [-0.2, -0.15) is 0 Å². The fourth-order valence-corrected chi connectivity index (χ4v) is 3.84. The van der Waals surface area contributed by atoms with Crippen LogP contribution in [0.1, 0.15) is 38.2 Å². The van der Waals surface area contributed by atoms with Gasteiger partial charge in [-0.25, -0.2) is 4.79 Å². The predicted molar refractivity (Wildman–Crippen MR) is 128 cm³/mol. The minimum atomic E-state index is -0.252. The summed E-state index contributed by atoms with van der Waals surface area (Å²) in [6.45, 7) is 4.77. The van der Waals surface area contributed by atoms with E-state index >= 15 is 0 Å². The molecule has 166 valence electrons. The van der Waals surface area contributed by atoms with Gasteiger partial charge in [0.1, 0.15) is 0 Å². The summed E-state index contributed by atoms with van der Waals surface area (Å²) in [5.74, 6) is 0.543. The number of hydrogen-bond donors (Lipinski definition) is 2.